The number of rotatable bonds is 3. The highest BCUT2D eigenvalue weighted by Crippen LogP contribution is 2.11. The average Bonchev–Trinajstić information content (AvgIpc) is 2.19. The Morgan fingerprint density at radius 1 is 1.57 bits per heavy atom. The number of nitrogens with one attached hydrogen (secondary N) is 1. The number of thioether (sulfide) groups is 1. The molecule has 6 heteroatoms. The van der Waals surface area contributed by atoms with E-state index in [1.54, 1.807) is 19.3 Å². The van der Waals surface area contributed by atoms with Crippen molar-refractivity contribution in [2.24, 2.45) is 0 Å². The molecule has 0 bridgehead atoms. The van der Waals surface area contributed by atoms with E-state index in [2.05, 4.69) is 31.2 Å². The van der Waals surface area contributed by atoms with Crippen molar-refractivity contribution in [2.45, 2.75) is 16.9 Å². The molecule has 4 nitrogen and oxygen atoms in total. The van der Waals surface area contributed by atoms with Crippen LogP contribution in [0.25, 0.3) is 0 Å². The minimum absolute atomic E-state index is 0.106. The number of aromatic nitrogens is 2. The van der Waals surface area contributed by atoms with E-state index in [-0.39, 0.29) is 10.7 Å². The van der Waals surface area contributed by atoms with Crippen molar-refractivity contribution in [3.63, 3.8) is 0 Å². The fraction of sp³-hybridized carbons (Fsp3) is 0.375. The maximum Gasteiger partial charge on any atom is 0.237 e. The highest BCUT2D eigenvalue weighted by atomic mass is 79.9. The summed E-state index contributed by atoms with van der Waals surface area (Å²) in [6.07, 6.45) is 5.08. The first-order valence-corrected chi connectivity index (χ1v) is 6.08. The number of anilines is 1. The Bertz CT molecular complexity index is 315. The number of hydrogen-bond donors (Lipinski definition) is 1. The molecule has 1 N–H and O–H groups in total. The van der Waals surface area contributed by atoms with Gasteiger partial charge in [-0.3, -0.25) is 4.79 Å². The highest BCUT2D eigenvalue weighted by Gasteiger charge is 2.08. The molecule has 0 aliphatic carbocycles. The van der Waals surface area contributed by atoms with Crippen molar-refractivity contribution in [3.05, 3.63) is 12.4 Å². The first-order valence-electron chi connectivity index (χ1n) is 3.94. The molecule has 1 aromatic rings. The minimum Gasteiger partial charge on any atom is -0.322 e. The van der Waals surface area contributed by atoms with Crippen molar-refractivity contribution in [2.75, 3.05) is 11.6 Å². The second kappa shape index (κ2) is 5.31. The molecule has 0 saturated carbocycles. The normalized spacial score (nSPS) is 12.2. The molecule has 0 radical (unpaired) electrons. The van der Waals surface area contributed by atoms with Gasteiger partial charge in [0.05, 0.1) is 22.9 Å². The Hall–Kier alpha value is -0.620. The topological polar surface area (TPSA) is 54.9 Å². The van der Waals surface area contributed by atoms with E-state index >= 15 is 0 Å². The van der Waals surface area contributed by atoms with Gasteiger partial charge in [-0.25, -0.2) is 9.97 Å². The maximum atomic E-state index is 11.2. The molecule has 0 spiro atoms. The number of hydrogen-bond acceptors (Lipinski definition) is 4. The summed E-state index contributed by atoms with van der Waals surface area (Å²) < 4.78 is 0. The van der Waals surface area contributed by atoms with Gasteiger partial charge < -0.3 is 5.32 Å². The molecule has 1 atom stereocenters. The predicted molar refractivity (Wildman–Crippen MR) is 60.8 cm³/mol. The molecule has 0 aliphatic heterocycles. The lowest BCUT2D eigenvalue weighted by atomic mass is 10.4. The average molecular weight is 276 g/mol. The first kappa shape index (κ1) is 11.5. The van der Waals surface area contributed by atoms with Crippen LogP contribution >= 0.6 is 27.7 Å². The van der Waals surface area contributed by atoms with E-state index in [1.807, 2.05) is 6.26 Å². The summed E-state index contributed by atoms with van der Waals surface area (Å²) in [6, 6.07) is 0. The van der Waals surface area contributed by atoms with Crippen LogP contribution in [-0.2, 0) is 4.79 Å². The zero-order valence-electron chi connectivity index (χ0n) is 7.82. The van der Waals surface area contributed by atoms with Crippen LogP contribution in [0.15, 0.2) is 17.6 Å². The summed E-state index contributed by atoms with van der Waals surface area (Å²) in [5.41, 5.74) is 0.610. The third-order valence-electron chi connectivity index (χ3n) is 1.44. The smallest absolute Gasteiger partial charge is 0.237 e. The van der Waals surface area contributed by atoms with Gasteiger partial charge >= 0.3 is 0 Å². The van der Waals surface area contributed by atoms with E-state index in [9.17, 15) is 4.79 Å². The number of nitrogens with zero attached hydrogens (tertiary/aromatic N) is 2. The standard InChI is InChI=1S/C8H10BrN3OS/c1-5(9)7(13)12-6-3-10-8(14-2)11-4-6/h3-5H,1-2H3,(H,12,13)/t5-/m1/s1. The zero-order valence-corrected chi connectivity index (χ0v) is 10.2. The van der Waals surface area contributed by atoms with Crippen LogP contribution in [0.1, 0.15) is 6.92 Å². The Kier molecular flexibility index (Phi) is 4.34. The van der Waals surface area contributed by atoms with Crippen LogP contribution in [0.2, 0.25) is 0 Å². The SMILES string of the molecule is CSc1ncc(NC(=O)[C@@H](C)Br)cn1. The van der Waals surface area contributed by atoms with Crippen molar-refractivity contribution in [3.8, 4) is 0 Å². The van der Waals surface area contributed by atoms with E-state index in [4.69, 9.17) is 0 Å². The molecule has 14 heavy (non-hydrogen) atoms. The van der Waals surface area contributed by atoms with Crippen LogP contribution in [0, 0.1) is 0 Å². The van der Waals surface area contributed by atoms with Gasteiger partial charge in [0.15, 0.2) is 5.16 Å². The maximum absolute atomic E-state index is 11.2. The second-order valence-electron chi connectivity index (χ2n) is 2.56. The summed E-state index contributed by atoms with van der Waals surface area (Å²) in [6.45, 7) is 1.76. The van der Waals surface area contributed by atoms with Crippen LogP contribution in [0.4, 0.5) is 5.69 Å². The van der Waals surface area contributed by atoms with Crippen LogP contribution in [-0.4, -0.2) is 27.0 Å². The molecular weight excluding hydrogens is 266 g/mol. The first-order chi connectivity index (χ1) is 6.63. The predicted octanol–water partition coefficient (Wildman–Crippen LogP) is 1.92. The summed E-state index contributed by atoms with van der Waals surface area (Å²) >= 11 is 4.63. The molecule has 1 heterocycles. The fourth-order valence-corrected chi connectivity index (χ4v) is 1.16. The van der Waals surface area contributed by atoms with Crippen LogP contribution in [0.5, 0.6) is 0 Å². The largest absolute Gasteiger partial charge is 0.322 e. The van der Waals surface area contributed by atoms with Gasteiger partial charge in [-0.15, -0.1) is 0 Å². The van der Waals surface area contributed by atoms with Gasteiger partial charge in [-0.2, -0.15) is 0 Å². The van der Waals surface area contributed by atoms with Gasteiger partial charge in [0.1, 0.15) is 0 Å². The summed E-state index contributed by atoms with van der Waals surface area (Å²) in [5, 5.41) is 3.36. The van der Waals surface area contributed by atoms with E-state index in [1.165, 1.54) is 11.8 Å². The molecule has 0 unspecified atom stereocenters. The Balaban J connectivity index is 2.64. The molecule has 1 rings (SSSR count). The third-order valence-corrected chi connectivity index (χ3v) is 2.43. The Morgan fingerprint density at radius 3 is 2.57 bits per heavy atom. The number of halogens is 1. The number of amides is 1. The monoisotopic (exact) mass is 275 g/mol. The molecule has 1 amide bonds. The van der Waals surface area contributed by atoms with Gasteiger partial charge in [-0.05, 0) is 13.2 Å². The van der Waals surface area contributed by atoms with Crippen molar-refractivity contribution >= 4 is 39.3 Å². The molecule has 0 saturated heterocycles. The van der Waals surface area contributed by atoms with Crippen molar-refractivity contribution in [1.29, 1.82) is 0 Å². The zero-order chi connectivity index (χ0) is 10.6. The molecule has 0 aliphatic rings. The molecule has 0 fully saturated rings. The van der Waals surface area contributed by atoms with Crippen molar-refractivity contribution < 1.29 is 4.79 Å². The highest BCUT2D eigenvalue weighted by molar-refractivity contribution is 9.10. The number of carbonyl (C=O) groups excluding carboxylic acids is 1. The third kappa shape index (κ3) is 3.26. The number of carbonyl (C=O) groups is 1. The van der Waals surface area contributed by atoms with E-state index < -0.39 is 0 Å². The second-order valence-corrected chi connectivity index (χ2v) is 4.71. The number of alkyl halides is 1. The van der Waals surface area contributed by atoms with Gasteiger partial charge in [0.25, 0.3) is 0 Å². The van der Waals surface area contributed by atoms with E-state index in [0.29, 0.717) is 10.8 Å². The lowest BCUT2D eigenvalue weighted by Crippen LogP contribution is -2.20. The lowest BCUT2D eigenvalue weighted by molar-refractivity contribution is -0.115. The van der Waals surface area contributed by atoms with Gasteiger partial charge in [0.2, 0.25) is 5.91 Å². The molecular formula is C8H10BrN3OS. The Labute approximate surface area is 95.0 Å². The fourth-order valence-electron chi connectivity index (χ4n) is 0.728. The van der Waals surface area contributed by atoms with Crippen LogP contribution < -0.4 is 5.32 Å². The summed E-state index contributed by atoms with van der Waals surface area (Å²) in [4.78, 5) is 19.1. The molecule has 1 aromatic heterocycles. The summed E-state index contributed by atoms with van der Waals surface area (Å²) in [7, 11) is 0. The molecule has 76 valence electrons. The molecule has 0 aromatic carbocycles. The van der Waals surface area contributed by atoms with Crippen LogP contribution in [0.3, 0.4) is 0 Å². The Morgan fingerprint density at radius 2 is 2.14 bits per heavy atom. The van der Waals surface area contributed by atoms with Crippen molar-refractivity contribution in [1.82, 2.24) is 9.97 Å². The van der Waals surface area contributed by atoms with Gasteiger partial charge in [0, 0.05) is 0 Å². The van der Waals surface area contributed by atoms with E-state index in [0.717, 1.165) is 0 Å². The summed E-state index contributed by atoms with van der Waals surface area (Å²) in [5.74, 6) is -0.106. The minimum atomic E-state index is -0.220. The quantitative estimate of drug-likeness (QED) is 0.520. The lowest BCUT2D eigenvalue weighted by Gasteiger charge is -2.05. The van der Waals surface area contributed by atoms with Gasteiger partial charge in [-0.1, -0.05) is 27.7 Å².